The van der Waals surface area contributed by atoms with Crippen molar-refractivity contribution in [3.05, 3.63) is 0 Å². The van der Waals surface area contributed by atoms with Gasteiger partial charge >= 0.3 is 0 Å². The fourth-order valence-electron chi connectivity index (χ4n) is 0.568. The van der Waals surface area contributed by atoms with Crippen molar-refractivity contribution in [2.75, 3.05) is 0 Å². The van der Waals surface area contributed by atoms with Crippen LogP contribution in [0.25, 0.3) is 0 Å². The highest BCUT2D eigenvalue weighted by Crippen LogP contribution is 2.01. The van der Waals surface area contributed by atoms with E-state index in [1.165, 1.54) is 0 Å². The minimum Gasteiger partial charge on any atom is -0.390 e. The lowest BCUT2D eigenvalue weighted by Gasteiger charge is -2.18. The summed E-state index contributed by atoms with van der Waals surface area (Å²) in [6.45, 7) is 1.69. The predicted octanol–water partition coefficient (Wildman–Crippen LogP) is -0.871. The van der Waals surface area contributed by atoms with Gasteiger partial charge in [-0.3, -0.25) is 0 Å². The Balaban J connectivity index is 3.80. The summed E-state index contributed by atoms with van der Waals surface area (Å²) in [6, 6.07) is 0. The van der Waals surface area contributed by atoms with E-state index in [0.717, 1.165) is 0 Å². The zero-order chi connectivity index (χ0) is 8.15. The third kappa shape index (κ3) is 2.43. The van der Waals surface area contributed by atoms with Crippen molar-refractivity contribution >= 4 is 6.21 Å². The molecule has 4 heteroatoms. The van der Waals surface area contributed by atoms with Crippen LogP contribution in [0.4, 0.5) is 0 Å². The molecule has 10 heavy (non-hydrogen) atoms. The van der Waals surface area contributed by atoms with Crippen LogP contribution in [0.2, 0.25) is 0 Å². The van der Waals surface area contributed by atoms with Gasteiger partial charge in [-0.1, -0.05) is 6.92 Å². The van der Waals surface area contributed by atoms with Crippen LogP contribution in [-0.4, -0.2) is 39.8 Å². The molecule has 0 fully saturated rings. The molecule has 0 radical (unpaired) electrons. The largest absolute Gasteiger partial charge is 0.390 e. The van der Waals surface area contributed by atoms with E-state index in [9.17, 15) is 0 Å². The zero-order valence-electron chi connectivity index (χ0n) is 5.86. The van der Waals surface area contributed by atoms with Crippen molar-refractivity contribution in [1.82, 2.24) is 0 Å². The summed E-state index contributed by atoms with van der Waals surface area (Å²) in [7, 11) is 0. The minimum absolute atomic E-state index is 0.367. The fraction of sp³-hybridized carbons (Fsp3) is 0.833. The summed E-state index contributed by atoms with van der Waals surface area (Å²) in [5.74, 6) is 0. The lowest BCUT2D eigenvalue weighted by molar-refractivity contribution is -0.0339. The number of hydrogen-bond acceptors (Lipinski definition) is 4. The molecule has 0 aliphatic heterocycles. The molecule has 0 saturated carbocycles. The van der Waals surface area contributed by atoms with Crippen LogP contribution >= 0.6 is 0 Å². The number of rotatable bonds is 4. The Bertz CT molecular complexity index is 107. The quantitative estimate of drug-likeness (QED) is 0.390. The number of aliphatic hydroxyl groups excluding tert-OH is 3. The molecule has 0 bridgehead atoms. The van der Waals surface area contributed by atoms with Crippen LogP contribution in [0.5, 0.6) is 0 Å². The summed E-state index contributed by atoms with van der Waals surface area (Å²) in [5.41, 5.74) is 0. The normalized spacial score (nSPS) is 19.6. The van der Waals surface area contributed by atoms with Crippen LogP contribution in [0.1, 0.15) is 13.3 Å². The first-order valence-corrected chi connectivity index (χ1v) is 3.18. The van der Waals surface area contributed by atoms with E-state index in [4.69, 9.17) is 20.7 Å². The number of aliphatic hydroxyl groups is 3. The molecular weight excluding hydrogens is 134 g/mol. The average molecular weight is 147 g/mol. The second-order valence-electron chi connectivity index (χ2n) is 2.12. The highest BCUT2D eigenvalue weighted by Gasteiger charge is 2.20. The van der Waals surface area contributed by atoms with Crippen molar-refractivity contribution in [3.8, 4) is 0 Å². The molecule has 0 heterocycles. The van der Waals surface area contributed by atoms with Gasteiger partial charge in [0.1, 0.15) is 12.2 Å². The SMILES string of the molecule is CCC(O)C(O)C(O)C=N. The third-order valence-corrected chi connectivity index (χ3v) is 1.33. The topological polar surface area (TPSA) is 84.5 Å². The second kappa shape index (κ2) is 4.38. The smallest absolute Gasteiger partial charge is 0.117 e. The molecule has 0 spiro atoms. The van der Waals surface area contributed by atoms with Crippen molar-refractivity contribution in [2.45, 2.75) is 31.7 Å². The molecule has 60 valence electrons. The lowest BCUT2D eigenvalue weighted by Crippen LogP contribution is -2.37. The van der Waals surface area contributed by atoms with Gasteiger partial charge in [0, 0.05) is 6.21 Å². The maximum Gasteiger partial charge on any atom is 0.117 e. The maximum absolute atomic E-state index is 8.93. The summed E-state index contributed by atoms with van der Waals surface area (Å²) in [5, 5.41) is 33.2. The standard InChI is InChI=1S/C6H13NO3/c1-2-4(8)6(10)5(9)3-7/h3-10H,2H2,1H3. The molecule has 0 amide bonds. The Morgan fingerprint density at radius 3 is 2.20 bits per heavy atom. The Labute approximate surface area is 59.6 Å². The Kier molecular flexibility index (Phi) is 4.18. The highest BCUT2D eigenvalue weighted by atomic mass is 16.4. The molecule has 4 nitrogen and oxygen atoms in total. The van der Waals surface area contributed by atoms with Crippen molar-refractivity contribution in [2.24, 2.45) is 0 Å². The van der Waals surface area contributed by atoms with Gasteiger partial charge in [0.05, 0.1) is 6.10 Å². The van der Waals surface area contributed by atoms with Crippen LogP contribution < -0.4 is 0 Å². The molecule has 0 aromatic rings. The predicted molar refractivity (Wildman–Crippen MR) is 37.1 cm³/mol. The van der Waals surface area contributed by atoms with Gasteiger partial charge in [-0.15, -0.1) is 0 Å². The first-order valence-electron chi connectivity index (χ1n) is 3.18. The molecule has 3 atom stereocenters. The molecule has 0 rings (SSSR count). The maximum atomic E-state index is 8.93. The van der Waals surface area contributed by atoms with Crippen LogP contribution in [0, 0.1) is 5.41 Å². The molecule has 0 aliphatic rings. The number of hydrogen-bond donors (Lipinski definition) is 4. The molecule has 0 aromatic carbocycles. The van der Waals surface area contributed by atoms with Gasteiger partial charge in [0.15, 0.2) is 0 Å². The van der Waals surface area contributed by atoms with E-state index in [1.807, 2.05) is 0 Å². The van der Waals surface area contributed by atoms with Crippen molar-refractivity contribution < 1.29 is 15.3 Å². The number of nitrogens with one attached hydrogen (secondary N) is 1. The second-order valence-corrected chi connectivity index (χ2v) is 2.12. The monoisotopic (exact) mass is 147 g/mol. The van der Waals surface area contributed by atoms with E-state index in [-0.39, 0.29) is 0 Å². The average Bonchev–Trinajstić information content (AvgIpc) is 2.00. The molecule has 0 aliphatic carbocycles. The van der Waals surface area contributed by atoms with E-state index >= 15 is 0 Å². The van der Waals surface area contributed by atoms with Gasteiger partial charge < -0.3 is 20.7 Å². The minimum atomic E-state index is -1.25. The van der Waals surface area contributed by atoms with Crippen molar-refractivity contribution in [3.63, 3.8) is 0 Å². The van der Waals surface area contributed by atoms with E-state index in [0.29, 0.717) is 12.6 Å². The van der Waals surface area contributed by atoms with Gasteiger partial charge in [-0.05, 0) is 6.42 Å². The Morgan fingerprint density at radius 2 is 1.90 bits per heavy atom. The van der Waals surface area contributed by atoms with Gasteiger partial charge in [0.25, 0.3) is 0 Å². The summed E-state index contributed by atoms with van der Waals surface area (Å²) >= 11 is 0. The van der Waals surface area contributed by atoms with E-state index in [2.05, 4.69) is 0 Å². The van der Waals surface area contributed by atoms with Crippen LogP contribution in [0.3, 0.4) is 0 Å². The van der Waals surface area contributed by atoms with Gasteiger partial charge in [0.2, 0.25) is 0 Å². The van der Waals surface area contributed by atoms with Gasteiger partial charge in [-0.2, -0.15) is 0 Å². The molecule has 0 aromatic heterocycles. The first kappa shape index (κ1) is 9.55. The van der Waals surface area contributed by atoms with E-state index < -0.39 is 18.3 Å². The van der Waals surface area contributed by atoms with Crippen LogP contribution in [-0.2, 0) is 0 Å². The fourth-order valence-corrected chi connectivity index (χ4v) is 0.568. The van der Waals surface area contributed by atoms with Gasteiger partial charge in [-0.25, -0.2) is 0 Å². The summed E-state index contributed by atoms with van der Waals surface area (Å²) in [6.07, 6.45) is -2.37. The Hall–Kier alpha value is -0.450. The molecule has 4 N–H and O–H groups in total. The Morgan fingerprint density at radius 1 is 1.40 bits per heavy atom. The lowest BCUT2D eigenvalue weighted by atomic mass is 10.1. The van der Waals surface area contributed by atoms with Crippen molar-refractivity contribution in [1.29, 1.82) is 5.41 Å². The zero-order valence-corrected chi connectivity index (χ0v) is 5.86. The third-order valence-electron chi connectivity index (χ3n) is 1.33. The summed E-state index contributed by atoms with van der Waals surface area (Å²) in [4.78, 5) is 0. The molecular formula is C6H13NO3. The van der Waals surface area contributed by atoms with E-state index in [1.54, 1.807) is 6.92 Å². The molecule has 3 unspecified atom stereocenters. The summed E-state index contributed by atoms with van der Waals surface area (Å²) < 4.78 is 0. The molecule has 0 saturated heterocycles. The van der Waals surface area contributed by atoms with Crippen LogP contribution in [0.15, 0.2) is 0 Å². The first-order chi connectivity index (χ1) is 4.63. The highest BCUT2D eigenvalue weighted by molar-refractivity contribution is 5.59.